The summed E-state index contributed by atoms with van der Waals surface area (Å²) < 4.78 is 0. The third-order valence-corrected chi connectivity index (χ3v) is 2.24. The van der Waals surface area contributed by atoms with Crippen molar-refractivity contribution in [2.24, 2.45) is 5.73 Å². The summed E-state index contributed by atoms with van der Waals surface area (Å²) in [6.45, 7) is 4.58. The summed E-state index contributed by atoms with van der Waals surface area (Å²) in [5.41, 5.74) is 7.53. The molecule has 2 amide bonds. The number of urea groups is 1. The normalized spacial score (nSPS) is 11.9. The number of anilines is 1. The van der Waals surface area contributed by atoms with Crippen LogP contribution in [-0.4, -0.2) is 12.6 Å². The zero-order valence-corrected chi connectivity index (χ0v) is 9.79. The van der Waals surface area contributed by atoms with Crippen LogP contribution in [0.3, 0.4) is 0 Å². The average Bonchev–Trinajstić information content (AvgIpc) is 2.27. The first kappa shape index (κ1) is 12.5. The third kappa shape index (κ3) is 3.55. The monoisotopic (exact) mass is 221 g/mol. The molecule has 4 heteroatoms. The lowest BCUT2D eigenvalue weighted by atomic mass is 10.1. The minimum Gasteiger partial charge on any atom is -0.338 e. The van der Waals surface area contributed by atoms with Crippen LogP contribution in [0.5, 0.6) is 0 Å². The Morgan fingerprint density at radius 2 is 2.12 bits per heavy atom. The van der Waals surface area contributed by atoms with Crippen LogP contribution in [-0.2, 0) is 0 Å². The molecule has 1 aromatic carbocycles. The lowest BCUT2D eigenvalue weighted by Gasteiger charge is -2.13. The number of hydrogen-bond donors (Lipinski definition) is 3. The summed E-state index contributed by atoms with van der Waals surface area (Å²) in [6.07, 6.45) is 0.919. The molecule has 0 radical (unpaired) electrons. The van der Waals surface area contributed by atoms with Crippen LogP contribution in [0.1, 0.15) is 31.9 Å². The van der Waals surface area contributed by atoms with Gasteiger partial charge in [0.2, 0.25) is 0 Å². The third-order valence-electron chi connectivity index (χ3n) is 2.24. The van der Waals surface area contributed by atoms with Crippen molar-refractivity contribution in [3.8, 4) is 0 Å². The highest BCUT2D eigenvalue weighted by Crippen LogP contribution is 2.20. The number of amides is 2. The van der Waals surface area contributed by atoms with Gasteiger partial charge in [0.1, 0.15) is 0 Å². The predicted octanol–water partition coefficient (Wildman–Crippen LogP) is 2.24. The predicted molar refractivity (Wildman–Crippen MR) is 66.4 cm³/mol. The van der Waals surface area contributed by atoms with Gasteiger partial charge in [0, 0.05) is 18.3 Å². The van der Waals surface area contributed by atoms with E-state index in [4.69, 9.17) is 5.73 Å². The number of nitrogens with two attached hydrogens (primary N) is 1. The largest absolute Gasteiger partial charge is 0.338 e. The van der Waals surface area contributed by atoms with Crippen LogP contribution in [0, 0.1) is 0 Å². The number of carbonyl (C=O) groups excluding carboxylic acids is 1. The molecular formula is C12H19N3O. The van der Waals surface area contributed by atoms with Gasteiger partial charge in [0.15, 0.2) is 0 Å². The van der Waals surface area contributed by atoms with E-state index in [1.807, 2.05) is 38.1 Å². The highest BCUT2D eigenvalue weighted by molar-refractivity contribution is 5.90. The Labute approximate surface area is 96.2 Å². The van der Waals surface area contributed by atoms with Gasteiger partial charge in [-0.3, -0.25) is 0 Å². The summed E-state index contributed by atoms with van der Waals surface area (Å²) in [4.78, 5) is 11.5. The van der Waals surface area contributed by atoms with Crippen LogP contribution in [0.4, 0.5) is 10.5 Å². The molecule has 1 unspecified atom stereocenters. The fourth-order valence-electron chi connectivity index (χ4n) is 1.41. The molecular weight excluding hydrogens is 202 g/mol. The van der Waals surface area contributed by atoms with Crippen LogP contribution >= 0.6 is 0 Å². The molecule has 88 valence electrons. The molecule has 0 saturated heterocycles. The molecule has 1 aromatic rings. The molecule has 4 nitrogen and oxygen atoms in total. The Bertz CT molecular complexity index is 350. The molecule has 4 N–H and O–H groups in total. The van der Waals surface area contributed by atoms with E-state index < -0.39 is 0 Å². The zero-order valence-electron chi connectivity index (χ0n) is 9.79. The van der Waals surface area contributed by atoms with Crippen molar-refractivity contribution in [2.45, 2.75) is 26.3 Å². The molecule has 0 bridgehead atoms. The van der Waals surface area contributed by atoms with Crippen LogP contribution in [0.2, 0.25) is 0 Å². The molecule has 16 heavy (non-hydrogen) atoms. The standard InChI is InChI=1S/C12H19N3O/c1-3-8-14-12(16)15-11-7-5-4-6-10(11)9(2)13/h4-7,9H,3,8,13H2,1-2H3,(H2,14,15,16). The van der Waals surface area contributed by atoms with E-state index in [0.29, 0.717) is 6.54 Å². The lowest BCUT2D eigenvalue weighted by Crippen LogP contribution is -2.29. The second kappa shape index (κ2) is 6.12. The molecule has 0 aliphatic heterocycles. The maximum Gasteiger partial charge on any atom is 0.319 e. The molecule has 0 saturated carbocycles. The van der Waals surface area contributed by atoms with Crippen LogP contribution < -0.4 is 16.4 Å². The molecule has 0 aliphatic rings. The Kier molecular flexibility index (Phi) is 4.79. The summed E-state index contributed by atoms with van der Waals surface area (Å²) in [5, 5.41) is 5.55. The van der Waals surface area contributed by atoms with Gasteiger partial charge in [-0.1, -0.05) is 25.1 Å². The number of hydrogen-bond acceptors (Lipinski definition) is 2. The van der Waals surface area contributed by atoms with Crippen molar-refractivity contribution in [1.29, 1.82) is 0 Å². The molecule has 1 rings (SSSR count). The Hall–Kier alpha value is -1.55. The first-order valence-electron chi connectivity index (χ1n) is 5.54. The van der Waals surface area contributed by atoms with Crippen molar-refractivity contribution in [1.82, 2.24) is 5.32 Å². The van der Waals surface area contributed by atoms with Crippen molar-refractivity contribution in [3.05, 3.63) is 29.8 Å². The average molecular weight is 221 g/mol. The summed E-state index contributed by atoms with van der Waals surface area (Å²) >= 11 is 0. The van der Waals surface area contributed by atoms with E-state index in [0.717, 1.165) is 17.7 Å². The number of nitrogens with one attached hydrogen (secondary N) is 2. The number of rotatable bonds is 4. The van der Waals surface area contributed by atoms with E-state index in [2.05, 4.69) is 10.6 Å². The first-order chi connectivity index (χ1) is 7.65. The number of carbonyl (C=O) groups is 1. The highest BCUT2D eigenvalue weighted by atomic mass is 16.2. The molecule has 0 aliphatic carbocycles. The van der Waals surface area contributed by atoms with Gasteiger partial charge in [0.25, 0.3) is 0 Å². The summed E-state index contributed by atoms with van der Waals surface area (Å²) in [6, 6.07) is 7.28. The maximum absolute atomic E-state index is 11.5. The first-order valence-corrected chi connectivity index (χ1v) is 5.54. The van der Waals surface area contributed by atoms with Crippen molar-refractivity contribution >= 4 is 11.7 Å². The highest BCUT2D eigenvalue weighted by Gasteiger charge is 2.08. The van der Waals surface area contributed by atoms with E-state index >= 15 is 0 Å². The van der Waals surface area contributed by atoms with Crippen LogP contribution in [0.15, 0.2) is 24.3 Å². The van der Waals surface area contributed by atoms with Gasteiger partial charge in [-0.15, -0.1) is 0 Å². The Balaban J connectivity index is 2.69. The minimum absolute atomic E-state index is 0.0947. The smallest absolute Gasteiger partial charge is 0.319 e. The topological polar surface area (TPSA) is 67.2 Å². The van der Waals surface area contributed by atoms with E-state index in [1.54, 1.807) is 0 Å². The fraction of sp³-hybridized carbons (Fsp3) is 0.417. The maximum atomic E-state index is 11.5. The van der Waals surface area contributed by atoms with Gasteiger partial charge < -0.3 is 16.4 Å². The SMILES string of the molecule is CCCNC(=O)Nc1ccccc1C(C)N. The van der Waals surface area contributed by atoms with Crippen LogP contribution in [0.25, 0.3) is 0 Å². The van der Waals surface area contributed by atoms with Gasteiger partial charge in [-0.2, -0.15) is 0 Å². The van der Waals surface area contributed by atoms with Crippen molar-refractivity contribution in [2.75, 3.05) is 11.9 Å². The van der Waals surface area contributed by atoms with Crippen molar-refractivity contribution in [3.63, 3.8) is 0 Å². The Morgan fingerprint density at radius 1 is 1.44 bits per heavy atom. The van der Waals surface area contributed by atoms with E-state index in [-0.39, 0.29) is 12.1 Å². The van der Waals surface area contributed by atoms with E-state index in [9.17, 15) is 4.79 Å². The Morgan fingerprint density at radius 3 is 2.75 bits per heavy atom. The second-order valence-electron chi connectivity index (χ2n) is 3.76. The van der Waals surface area contributed by atoms with E-state index in [1.165, 1.54) is 0 Å². The molecule has 1 atom stereocenters. The summed E-state index contributed by atoms with van der Waals surface area (Å²) in [7, 11) is 0. The fourth-order valence-corrected chi connectivity index (χ4v) is 1.41. The molecule has 0 spiro atoms. The summed E-state index contributed by atoms with van der Waals surface area (Å²) in [5.74, 6) is 0. The lowest BCUT2D eigenvalue weighted by molar-refractivity contribution is 0.252. The van der Waals surface area contributed by atoms with Gasteiger partial charge in [-0.25, -0.2) is 4.79 Å². The quantitative estimate of drug-likeness (QED) is 0.730. The van der Waals surface area contributed by atoms with Crippen molar-refractivity contribution < 1.29 is 4.79 Å². The van der Waals surface area contributed by atoms with Gasteiger partial charge >= 0.3 is 6.03 Å². The number of para-hydroxylation sites is 1. The minimum atomic E-state index is -0.185. The zero-order chi connectivity index (χ0) is 12.0. The van der Waals surface area contributed by atoms with Gasteiger partial charge in [0.05, 0.1) is 0 Å². The second-order valence-corrected chi connectivity index (χ2v) is 3.76. The molecule has 0 aromatic heterocycles. The number of benzene rings is 1. The molecule has 0 fully saturated rings. The molecule has 0 heterocycles. The van der Waals surface area contributed by atoms with Gasteiger partial charge in [-0.05, 0) is 25.0 Å².